The van der Waals surface area contributed by atoms with E-state index in [2.05, 4.69) is 17.1 Å². The molecule has 2 rings (SSSR count). The number of aryl methyl sites for hydroxylation is 1. The molecule has 1 aromatic rings. The summed E-state index contributed by atoms with van der Waals surface area (Å²) in [6, 6.07) is 1.71. The van der Waals surface area contributed by atoms with Gasteiger partial charge in [0.1, 0.15) is 5.76 Å². The summed E-state index contributed by atoms with van der Waals surface area (Å²) >= 11 is 0. The van der Waals surface area contributed by atoms with Crippen molar-refractivity contribution in [2.45, 2.75) is 13.8 Å². The minimum atomic E-state index is -0.0555. The summed E-state index contributed by atoms with van der Waals surface area (Å²) in [6.07, 6.45) is 1.54. The van der Waals surface area contributed by atoms with Crippen molar-refractivity contribution in [3.8, 4) is 0 Å². The number of morpholine rings is 1. The van der Waals surface area contributed by atoms with Crippen molar-refractivity contribution in [1.82, 2.24) is 10.2 Å². The van der Waals surface area contributed by atoms with Crippen LogP contribution in [0.4, 0.5) is 0 Å². The van der Waals surface area contributed by atoms with E-state index >= 15 is 0 Å². The molecule has 106 valence electrons. The minimum absolute atomic E-state index is 0.0555. The number of carbonyl (C=O) groups is 1. The van der Waals surface area contributed by atoms with Gasteiger partial charge in [0.05, 0.1) is 25.0 Å². The number of furan rings is 1. The molecule has 1 amide bonds. The van der Waals surface area contributed by atoms with E-state index in [0.29, 0.717) is 23.8 Å². The molecule has 0 saturated carbocycles. The zero-order chi connectivity index (χ0) is 13.7. The maximum absolute atomic E-state index is 11.9. The van der Waals surface area contributed by atoms with E-state index in [1.807, 2.05) is 0 Å². The second-order valence-corrected chi connectivity index (χ2v) is 5.12. The Morgan fingerprint density at radius 2 is 2.21 bits per heavy atom. The molecule has 0 aliphatic carbocycles. The molecule has 0 spiro atoms. The summed E-state index contributed by atoms with van der Waals surface area (Å²) in [5, 5.41) is 2.96. The fourth-order valence-electron chi connectivity index (χ4n) is 2.27. The summed E-state index contributed by atoms with van der Waals surface area (Å²) in [6.45, 7) is 9.22. The van der Waals surface area contributed by atoms with Gasteiger partial charge in [0.2, 0.25) is 0 Å². The number of hydrogen-bond acceptors (Lipinski definition) is 4. The third-order valence-electron chi connectivity index (χ3n) is 3.39. The molecule has 0 unspecified atom stereocenters. The monoisotopic (exact) mass is 266 g/mol. The summed E-state index contributed by atoms with van der Waals surface area (Å²) in [4.78, 5) is 14.3. The van der Waals surface area contributed by atoms with Crippen molar-refractivity contribution in [2.75, 3.05) is 39.4 Å². The number of nitrogens with one attached hydrogen (secondary N) is 1. The first-order valence-corrected chi connectivity index (χ1v) is 6.79. The van der Waals surface area contributed by atoms with Gasteiger partial charge in [0, 0.05) is 26.2 Å². The molecule has 1 aliphatic rings. The second kappa shape index (κ2) is 6.73. The average molecular weight is 266 g/mol. The molecular weight excluding hydrogens is 244 g/mol. The Morgan fingerprint density at radius 1 is 1.47 bits per heavy atom. The first-order chi connectivity index (χ1) is 9.16. The van der Waals surface area contributed by atoms with Gasteiger partial charge in [0.15, 0.2) is 0 Å². The van der Waals surface area contributed by atoms with Crippen LogP contribution in [0.5, 0.6) is 0 Å². The lowest BCUT2D eigenvalue weighted by molar-refractivity contribution is 0.0317. The number of rotatable bonds is 5. The average Bonchev–Trinajstić information content (AvgIpc) is 2.83. The lowest BCUT2D eigenvalue weighted by Gasteiger charge is -2.29. The number of amides is 1. The number of hydrogen-bond donors (Lipinski definition) is 1. The Balaban J connectivity index is 1.72. The summed E-state index contributed by atoms with van der Waals surface area (Å²) in [5.41, 5.74) is 0.624. The Labute approximate surface area is 113 Å². The predicted octanol–water partition coefficient (Wildman–Crippen LogP) is 1.29. The van der Waals surface area contributed by atoms with Gasteiger partial charge in [0.25, 0.3) is 5.91 Å². The minimum Gasteiger partial charge on any atom is -0.469 e. The molecule has 5 nitrogen and oxygen atoms in total. The molecule has 19 heavy (non-hydrogen) atoms. The van der Waals surface area contributed by atoms with Gasteiger partial charge in [-0.15, -0.1) is 0 Å². The SMILES string of the molecule is Cc1occc1C(=O)NC[C@@H](C)CN1CCOCC1. The Hall–Kier alpha value is -1.33. The molecule has 1 atom stereocenters. The fraction of sp³-hybridized carbons (Fsp3) is 0.643. The maximum Gasteiger partial charge on any atom is 0.254 e. The Bertz CT molecular complexity index is 411. The predicted molar refractivity (Wildman–Crippen MR) is 72.2 cm³/mol. The van der Waals surface area contributed by atoms with Gasteiger partial charge in [-0.2, -0.15) is 0 Å². The highest BCUT2D eigenvalue weighted by atomic mass is 16.5. The summed E-state index contributed by atoms with van der Waals surface area (Å²) in [7, 11) is 0. The molecule has 1 fully saturated rings. The van der Waals surface area contributed by atoms with Crippen LogP contribution in [0.1, 0.15) is 23.0 Å². The summed E-state index contributed by atoms with van der Waals surface area (Å²) < 4.78 is 10.5. The molecule has 1 aromatic heterocycles. The smallest absolute Gasteiger partial charge is 0.254 e. The van der Waals surface area contributed by atoms with Crippen LogP contribution in [-0.4, -0.2) is 50.2 Å². The van der Waals surface area contributed by atoms with E-state index in [0.717, 1.165) is 32.8 Å². The van der Waals surface area contributed by atoms with Crippen LogP contribution >= 0.6 is 0 Å². The van der Waals surface area contributed by atoms with E-state index in [1.165, 1.54) is 0 Å². The molecule has 2 heterocycles. The van der Waals surface area contributed by atoms with Crippen LogP contribution < -0.4 is 5.32 Å². The maximum atomic E-state index is 11.9. The topological polar surface area (TPSA) is 54.7 Å². The molecule has 0 bridgehead atoms. The number of nitrogens with zero attached hydrogens (tertiary/aromatic N) is 1. The highest BCUT2D eigenvalue weighted by Gasteiger charge is 2.16. The van der Waals surface area contributed by atoms with E-state index in [1.54, 1.807) is 19.3 Å². The molecule has 0 radical (unpaired) electrons. The number of ether oxygens (including phenoxy) is 1. The molecule has 0 aromatic carbocycles. The van der Waals surface area contributed by atoms with Crippen molar-refractivity contribution >= 4 is 5.91 Å². The van der Waals surface area contributed by atoms with Gasteiger partial charge >= 0.3 is 0 Å². The quantitative estimate of drug-likeness (QED) is 0.872. The molecular formula is C14H22N2O3. The van der Waals surface area contributed by atoms with Crippen molar-refractivity contribution in [2.24, 2.45) is 5.92 Å². The largest absolute Gasteiger partial charge is 0.469 e. The standard InChI is InChI=1S/C14H22N2O3/c1-11(10-16-4-7-18-8-5-16)9-15-14(17)13-3-6-19-12(13)2/h3,6,11H,4-5,7-10H2,1-2H3,(H,15,17)/t11-/m1/s1. The molecule has 1 aliphatic heterocycles. The highest BCUT2D eigenvalue weighted by Crippen LogP contribution is 2.08. The van der Waals surface area contributed by atoms with Crippen molar-refractivity contribution in [1.29, 1.82) is 0 Å². The van der Waals surface area contributed by atoms with E-state index in [-0.39, 0.29) is 5.91 Å². The van der Waals surface area contributed by atoms with Crippen LogP contribution in [0.2, 0.25) is 0 Å². The fourth-order valence-corrected chi connectivity index (χ4v) is 2.27. The van der Waals surface area contributed by atoms with Gasteiger partial charge in [-0.1, -0.05) is 6.92 Å². The Morgan fingerprint density at radius 3 is 2.84 bits per heavy atom. The second-order valence-electron chi connectivity index (χ2n) is 5.12. The Kier molecular flexibility index (Phi) is 4.99. The van der Waals surface area contributed by atoms with Crippen molar-refractivity contribution < 1.29 is 13.9 Å². The third-order valence-corrected chi connectivity index (χ3v) is 3.39. The third kappa shape index (κ3) is 4.08. The van der Waals surface area contributed by atoms with Crippen LogP contribution in [0.25, 0.3) is 0 Å². The molecule has 1 saturated heterocycles. The van der Waals surface area contributed by atoms with Crippen LogP contribution in [0.15, 0.2) is 16.7 Å². The van der Waals surface area contributed by atoms with Gasteiger partial charge in [-0.25, -0.2) is 0 Å². The highest BCUT2D eigenvalue weighted by molar-refractivity contribution is 5.94. The van der Waals surface area contributed by atoms with Crippen molar-refractivity contribution in [3.63, 3.8) is 0 Å². The van der Waals surface area contributed by atoms with Gasteiger partial charge in [-0.3, -0.25) is 9.69 Å². The van der Waals surface area contributed by atoms with Gasteiger partial charge in [-0.05, 0) is 18.9 Å². The van der Waals surface area contributed by atoms with Crippen molar-refractivity contribution in [3.05, 3.63) is 23.7 Å². The van der Waals surface area contributed by atoms with Crippen LogP contribution in [0, 0.1) is 12.8 Å². The van der Waals surface area contributed by atoms with Crippen LogP contribution in [-0.2, 0) is 4.74 Å². The number of carbonyl (C=O) groups excluding carboxylic acids is 1. The first-order valence-electron chi connectivity index (χ1n) is 6.79. The first kappa shape index (κ1) is 14.1. The van der Waals surface area contributed by atoms with Gasteiger partial charge < -0.3 is 14.5 Å². The lowest BCUT2D eigenvalue weighted by atomic mass is 10.1. The lowest BCUT2D eigenvalue weighted by Crippen LogP contribution is -2.41. The van der Waals surface area contributed by atoms with Crippen LogP contribution in [0.3, 0.4) is 0 Å². The molecule has 1 N–H and O–H groups in total. The zero-order valence-electron chi connectivity index (χ0n) is 11.6. The van der Waals surface area contributed by atoms with E-state index in [9.17, 15) is 4.79 Å². The zero-order valence-corrected chi connectivity index (χ0v) is 11.6. The normalized spacial score (nSPS) is 18.2. The molecule has 5 heteroatoms. The van der Waals surface area contributed by atoms with E-state index in [4.69, 9.17) is 9.15 Å². The van der Waals surface area contributed by atoms with E-state index < -0.39 is 0 Å². The summed E-state index contributed by atoms with van der Waals surface area (Å²) in [5.74, 6) is 1.03.